The molecule has 4 aliphatic carbocycles. The highest BCUT2D eigenvalue weighted by atomic mass is 19.4. The van der Waals surface area contributed by atoms with E-state index in [2.05, 4.69) is 5.32 Å². The third-order valence-electron chi connectivity index (χ3n) is 7.20. The first-order chi connectivity index (χ1) is 13.4. The van der Waals surface area contributed by atoms with Gasteiger partial charge < -0.3 is 5.32 Å². The SMILES string of the molecule is CC(NC(=O)c1cc(C(F)(F)F)cc(C(F)(F)F)c1)C12CC3CC(CC(C3)C1)C2. The van der Waals surface area contributed by atoms with Crippen LogP contribution in [0.5, 0.6) is 0 Å². The minimum Gasteiger partial charge on any atom is -0.349 e. The molecule has 0 aromatic heterocycles. The average molecular weight is 419 g/mol. The van der Waals surface area contributed by atoms with Crippen molar-refractivity contribution in [3.8, 4) is 0 Å². The molecule has 0 aliphatic heterocycles. The number of rotatable bonds is 3. The van der Waals surface area contributed by atoms with Gasteiger partial charge in [-0.05, 0) is 86.8 Å². The van der Waals surface area contributed by atoms with Crippen LogP contribution in [0.1, 0.15) is 66.9 Å². The number of amides is 1. The summed E-state index contributed by atoms with van der Waals surface area (Å²) >= 11 is 0. The lowest BCUT2D eigenvalue weighted by atomic mass is 9.48. The molecule has 0 heterocycles. The van der Waals surface area contributed by atoms with Gasteiger partial charge in [0.1, 0.15) is 0 Å². The maximum Gasteiger partial charge on any atom is 0.416 e. The number of hydrogen-bond donors (Lipinski definition) is 1. The largest absolute Gasteiger partial charge is 0.416 e. The van der Waals surface area contributed by atoms with Crippen LogP contribution in [0.25, 0.3) is 0 Å². The molecule has 0 spiro atoms. The van der Waals surface area contributed by atoms with Crippen molar-refractivity contribution in [3.05, 3.63) is 34.9 Å². The standard InChI is InChI=1S/C21H23F6NO/c1-11(19-8-12-2-13(9-19)4-14(3-12)10-19)28-18(29)15-5-16(20(22,23)24)7-17(6-15)21(25,26)27/h5-7,11-14H,2-4,8-10H2,1H3,(H,28,29). The second-order valence-electron chi connectivity index (χ2n) is 9.27. The van der Waals surface area contributed by atoms with Crippen molar-refractivity contribution in [1.82, 2.24) is 5.32 Å². The minimum atomic E-state index is -4.97. The van der Waals surface area contributed by atoms with Gasteiger partial charge in [0.25, 0.3) is 5.91 Å². The molecule has 8 heteroatoms. The molecule has 0 radical (unpaired) electrons. The highest BCUT2D eigenvalue weighted by Gasteiger charge is 2.53. The predicted molar refractivity (Wildman–Crippen MR) is 94.0 cm³/mol. The zero-order valence-corrected chi connectivity index (χ0v) is 16.0. The number of halogens is 6. The number of alkyl halides is 6. The molecule has 2 nitrogen and oxygen atoms in total. The van der Waals surface area contributed by atoms with Gasteiger partial charge in [-0.2, -0.15) is 26.3 Å². The summed E-state index contributed by atoms with van der Waals surface area (Å²) in [5, 5.41) is 2.74. The van der Waals surface area contributed by atoms with E-state index in [0.717, 1.165) is 19.3 Å². The lowest BCUT2D eigenvalue weighted by Crippen LogP contribution is -2.55. The molecule has 1 unspecified atom stereocenters. The Kier molecular flexibility index (Phi) is 4.70. The maximum absolute atomic E-state index is 13.1. The van der Waals surface area contributed by atoms with Crippen LogP contribution in [0, 0.1) is 23.2 Å². The molecule has 1 atom stereocenters. The molecule has 1 aromatic carbocycles. The van der Waals surface area contributed by atoms with E-state index < -0.39 is 35.0 Å². The summed E-state index contributed by atoms with van der Waals surface area (Å²) in [6.07, 6.45) is -3.44. The van der Waals surface area contributed by atoms with Crippen molar-refractivity contribution < 1.29 is 31.1 Å². The normalized spacial score (nSPS) is 32.3. The molecule has 5 rings (SSSR count). The molecule has 4 saturated carbocycles. The van der Waals surface area contributed by atoms with Gasteiger partial charge in [0.05, 0.1) is 11.1 Å². The lowest BCUT2D eigenvalue weighted by Gasteiger charge is -2.59. The topological polar surface area (TPSA) is 29.1 Å². The Morgan fingerprint density at radius 2 is 1.31 bits per heavy atom. The van der Waals surface area contributed by atoms with E-state index in [-0.39, 0.29) is 17.5 Å². The Morgan fingerprint density at radius 3 is 1.69 bits per heavy atom. The van der Waals surface area contributed by atoms with Crippen molar-refractivity contribution in [2.75, 3.05) is 0 Å². The molecule has 1 aromatic rings. The van der Waals surface area contributed by atoms with E-state index in [1.54, 1.807) is 0 Å². The van der Waals surface area contributed by atoms with Crippen LogP contribution in [-0.4, -0.2) is 11.9 Å². The summed E-state index contributed by atoms with van der Waals surface area (Å²) in [5.74, 6) is 0.966. The second kappa shape index (κ2) is 6.64. The fourth-order valence-corrected chi connectivity index (χ4v) is 6.23. The first-order valence-electron chi connectivity index (χ1n) is 9.96. The van der Waals surface area contributed by atoms with E-state index in [0.29, 0.717) is 29.9 Å². The molecule has 29 heavy (non-hydrogen) atoms. The summed E-state index contributed by atoms with van der Waals surface area (Å²) in [4.78, 5) is 12.7. The van der Waals surface area contributed by atoms with Crippen LogP contribution in [0.4, 0.5) is 26.3 Å². The fourth-order valence-electron chi connectivity index (χ4n) is 6.23. The van der Waals surface area contributed by atoms with Crippen molar-refractivity contribution >= 4 is 5.91 Å². The molecular formula is C21H23F6NO. The van der Waals surface area contributed by atoms with Crippen molar-refractivity contribution in [2.24, 2.45) is 23.2 Å². The third-order valence-corrected chi connectivity index (χ3v) is 7.20. The molecule has 160 valence electrons. The molecule has 4 fully saturated rings. The summed E-state index contributed by atoms with van der Waals surface area (Å²) in [7, 11) is 0. The molecule has 0 saturated heterocycles. The summed E-state index contributed by atoms with van der Waals surface area (Å²) < 4.78 is 78.4. The highest BCUT2D eigenvalue weighted by Crippen LogP contribution is 2.61. The van der Waals surface area contributed by atoms with Gasteiger partial charge in [-0.3, -0.25) is 4.79 Å². The van der Waals surface area contributed by atoms with Gasteiger partial charge in [-0.1, -0.05) is 0 Å². The molecule has 1 N–H and O–H groups in total. The zero-order valence-electron chi connectivity index (χ0n) is 16.0. The number of carbonyl (C=O) groups is 1. The zero-order chi connectivity index (χ0) is 21.2. The van der Waals surface area contributed by atoms with Gasteiger partial charge in [-0.15, -0.1) is 0 Å². The van der Waals surface area contributed by atoms with E-state index in [4.69, 9.17) is 0 Å². The average Bonchev–Trinajstić information content (AvgIpc) is 2.58. The molecular weight excluding hydrogens is 396 g/mol. The molecule has 4 aliphatic rings. The minimum absolute atomic E-state index is 0.0410. The Balaban J connectivity index is 1.58. The second-order valence-corrected chi connectivity index (χ2v) is 9.27. The number of carbonyl (C=O) groups excluding carboxylic acids is 1. The lowest BCUT2D eigenvalue weighted by molar-refractivity contribution is -0.143. The Hall–Kier alpha value is -1.73. The van der Waals surface area contributed by atoms with Crippen LogP contribution in [0.2, 0.25) is 0 Å². The van der Waals surface area contributed by atoms with E-state index in [1.165, 1.54) is 19.3 Å². The number of nitrogens with one attached hydrogen (secondary N) is 1. The van der Waals surface area contributed by atoms with E-state index in [1.807, 2.05) is 6.92 Å². The van der Waals surface area contributed by atoms with Crippen molar-refractivity contribution in [1.29, 1.82) is 0 Å². The monoisotopic (exact) mass is 419 g/mol. The van der Waals surface area contributed by atoms with Crippen LogP contribution in [0.15, 0.2) is 18.2 Å². The van der Waals surface area contributed by atoms with Gasteiger partial charge in [0, 0.05) is 11.6 Å². The van der Waals surface area contributed by atoms with Crippen LogP contribution in [0.3, 0.4) is 0 Å². The van der Waals surface area contributed by atoms with Crippen LogP contribution >= 0.6 is 0 Å². The van der Waals surface area contributed by atoms with Gasteiger partial charge >= 0.3 is 12.4 Å². The van der Waals surface area contributed by atoms with E-state index >= 15 is 0 Å². The predicted octanol–water partition coefficient (Wildman–Crippen LogP) is 6.06. The third kappa shape index (κ3) is 3.87. The van der Waals surface area contributed by atoms with E-state index in [9.17, 15) is 31.1 Å². The Bertz CT molecular complexity index is 745. The van der Waals surface area contributed by atoms with Crippen LogP contribution < -0.4 is 5.32 Å². The Morgan fingerprint density at radius 1 is 0.897 bits per heavy atom. The summed E-state index contributed by atoms with van der Waals surface area (Å²) in [6, 6.07) is 0.736. The first-order valence-corrected chi connectivity index (χ1v) is 9.96. The number of benzene rings is 1. The van der Waals surface area contributed by atoms with Crippen molar-refractivity contribution in [2.45, 2.75) is 63.8 Å². The van der Waals surface area contributed by atoms with Gasteiger partial charge in [-0.25, -0.2) is 0 Å². The summed E-state index contributed by atoms with van der Waals surface area (Å²) in [6.45, 7) is 1.84. The van der Waals surface area contributed by atoms with Crippen LogP contribution in [-0.2, 0) is 12.4 Å². The molecule has 1 amide bonds. The smallest absolute Gasteiger partial charge is 0.349 e. The summed E-state index contributed by atoms with van der Waals surface area (Å²) in [5.41, 5.74) is -3.65. The Labute approximate surface area is 165 Å². The maximum atomic E-state index is 13.1. The molecule has 4 bridgehead atoms. The van der Waals surface area contributed by atoms with Crippen molar-refractivity contribution in [3.63, 3.8) is 0 Å². The van der Waals surface area contributed by atoms with Gasteiger partial charge in [0.2, 0.25) is 0 Å². The quantitative estimate of drug-likeness (QED) is 0.593. The highest BCUT2D eigenvalue weighted by molar-refractivity contribution is 5.95. The van der Waals surface area contributed by atoms with Gasteiger partial charge in [0.15, 0.2) is 0 Å². The number of hydrogen-bond acceptors (Lipinski definition) is 1. The fraction of sp³-hybridized carbons (Fsp3) is 0.667. The first kappa shape index (κ1) is 20.5.